The molecule has 2 aliphatic heterocycles. The fourth-order valence-electron chi connectivity index (χ4n) is 2.29. The number of thioether (sulfide) groups is 1. The number of amides is 2. The summed E-state index contributed by atoms with van der Waals surface area (Å²) >= 11 is 1.60. The quantitative estimate of drug-likeness (QED) is 0.424. The van der Waals surface area contributed by atoms with Crippen LogP contribution >= 0.6 is 11.8 Å². The molecule has 0 aromatic heterocycles. The molecule has 2 amide bonds. The van der Waals surface area contributed by atoms with Crippen LogP contribution in [-0.4, -0.2) is 39.9 Å². The highest BCUT2D eigenvalue weighted by Crippen LogP contribution is 2.39. The summed E-state index contributed by atoms with van der Waals surface area (Å²) in [5.74, 6) is -0.364. The highest BCUT2D eigenvalue weighted by atomic mass is 32.2. The topological polar surface area (TPSA) is 101 Å². The number of carboxylic acids is 1. The van der Waals surface area contributed by atoms with Crippen molar-refractivity contribution in [3.05, 3.63) is 0 Å². The van der Waals surface area contributed by atoms with E-state index in [0.29, 0.717) is 25.0 Å². The molecule has 0 radical (unpaired) electrons. The number of urea groups is 1. The number of carbonyl (C=O) groups is 2. The molecule has 0 unspecified atom stereocenters. The maximum absolute atomic E-state index is 11.1. The largest absolute Gasteiger partial charge is 0.550 e. The molecule has 2 fully saturated rings. The summed E-state index contributed by atoms with van der Waals surface area (Å²) in [7, 11) is 0. The second-order valence-electron chi connectivity index (χ2n) is 4.42. The Morgan fingerprint density at radius 2 is 2.35 bits per heavy atom. The molecule has 2 rings (SSSR count). The fourth-order valence-corrected chi connectivity index (χ4v) is 3.86. The van der Waals surface area contributed by atoms with Crippen molar-refractivity contribution in [1.82, 2.24) is 10.6 Å². The molecule has 3 N–H and O–H groups in total. The van der Waals surface area contributed by atoms with Gasteiger partial charge in [-0.15, -0.1) is 0 Å². The summed E-state index contributed by atoms with van der Waals surface area (Å²) in [5, 5.41) is 25.7. The van der Waals surface area contributed by atoms with Crippen molar-refractivity contribution < 1.29 is 19.8 Å². The van der Waals surface area contributed by atoms with Crippen molar-refractivity contribution in [2.75, 3.05) is 5.75 Å². The molecule has 3 atom stereocenters. The normalized spacial score (nSPS) is 35.2. The number of hydrogen-bond acceptors (Lipinski definition) is 5. The highest BCUT2D eigenvalue weighted by molar-refractivity contribution is 8.00. The van der Waals surface area contributed by atoms with E-state index in [-0.39, 0.29) is 23.7 Å². The van der Waals surface area contributed by atoms with E-state index < -0.39 is 11.7 Å². The summed E-state index contributed by atoms with van der Waals surface area (Å²) < 4.78 is 0. The summed E-state index contributed by atoms with van der Waals surface area (Å²) in [6.07, 6.45) is 1.98. The Labute approximate surface area is 103 Å². The van der Waals surface area contributed by atoms with E-state index in [1.807, 2.05) is 0 Å². The second-order valence-corrected chi connectivity index (χ2v) is 5.65. The molecular weight excluding hydrogens is 244 g/mol. The molecule has 2 aliphatic rings. The minimum atomic E-state index is -1.18. The van der Waals surface area contributed by atoms with Gasteiger partial charge in [0.1, 0.15) is 0 Å². The Kier molecular flexibility index (Phi) is 3.48. The van der Waals surface area contributed by atoms with E-state index in [9.17, 15) is 19.8 Å². The number of aliphatic carboxylic acids is 1. The van der Waals surface area contributed by atoms with Gasteiger partial charge in [-0.05, 0) is 19.3 Å². The number of rotatable bonds is 5. The third-order valence-electron chi connectivity index (χ3n) is 3.20. The van der Waals surface area contributed by atoms with Gasteiger partial charge < -0.3 is 25.6 Å². The van der Waals surface area contributed by atoms with Crippen molar-refractivity contribution >= 4 is 23.8 Å². The van der Waals surface area contributed by atoms with Crippen molar-refractivity contribution in [2.24, 2.45) is 0 Å². The first-order valence-electron chi connectivity index (χ1n) is 5.65. The zero-order chi connectivity index (χ0) is 12.5. The van der Waals surface area contributed by atoms with Gasteiger partial charge in [-0.3, -0.25) is 0 Å². The Balaban J connectivity index is 1.82. The van der Waals surface area contributed by atoms with E-state index >= 15 is 0 Å². The van der Waals surface area contributed by atoms with E-state index in [2.05, 4.69) is 10.6 Å². The molecule has 0 aromatic rings. The van der Waals surface area contributed by atoms with Crippen LogP contribution in [0.1, 0.15) is 25.7 Å². The molecule has 2 heterocycles. The van der Waals surface area contributed by atoms with E-state index in [4.69, 9.17) is 0 Å². The van der Waals surface area contributed by atoms with Crippen LogP contribution in [0.2, 0.25) is 0 Å². The van der Waals surface area contributed by atoms with Gasteiger partial charge in [-0.2, -0.15) is 11.8 Å². The summed E-state index contributed by atoms with van der Waals surface area (Å²) in [4.78, 5) is 21.4. The van der Waals surface area contributed by atoms with Crippen LogP contribution < -0.4 is 15.7 Å². The first-order valence-corrected chi connectivity index (χ1v) is 6.70. The fraction of sp³-hybridized carbons (Fsp3) is 0.800. The van der Waals surface area contributed by atoms with Crippen LogP contribution in [0.15, 0.2) is 0 Å². The van der Waals surface area contributed by atoms with Gasteiger partial charge in [0.25, 0.3) is 0 Å². The molecule has 0 aliphatic carbocycles. The van der Waals surface area contributed by atoms with Crippen LogP contribution in [0.25, 0.3) is 0 Å². The first-order chi connectivity index (χ1) is 8.02. The third-order valence-corrected chi connectivity index (χ3v) is 4.73. The predicted molar refractivity (Wildman–Crippen MR) is 60.1 cm³/mol. The van der Waals surface area contributed by atoms with Crippen LogP contribution in [0, 0.1) is 0 Å². The number of hydrogen-bond donors (Lipinski definition) is 3. The lowest BCUT2D eigenvalue weighted by Gasteiger charge is -2.27. The summed E-state index contributed by atoms with van der Waals surface area (Å²) in [6.45, 7) is 0. The third kappa shape index (κ3) is 2.50. The van der Waals surface area contributed by atoms with Crippen molar-refractivity contribution in [3.8, 4) is 0 Å². The molecule has 0 aromatic carbocycles. The second kappa shape index (κ2) is 4.73. The molecule has 0 saturated carbocycles. The minimum Gasteiger partial charge on any atom is -0.550 e. The molecule has 96 valence electrons. The average molecular weight is 259 g/mol. The SMILES string of the molecule is O=C([O-])CCCC[C@H]1SC[C@H]2NC(=O)N[C@]21O. The maximum atomic E-state index is 11.1. The van der Waals surface area contributed by atoms with Gasteiger partial charge in [-0.25, -0.2) is 4.79 Å². The smallest absolute Gasteiger partial charge is 0.317 e. The summed E-state index contributed by atoms with van der Waals surface area (Å²) in [6, 6.07) is -0.580. The Morgan fingerprint density at radius 3 is 3.06 bits per heavy atom. The number of fused-ring (bicyclic) bond motifs is 1. The highest BCUT2D eigenvalue weighted by Gasteiger charge is 2.55. The Hall–Kier alpha value is -0.950. The van der Waals surface area contributed by atoms with Gasteiger partial charge in [0.2, 0.25) is 0 Å². The Morgan fingerprint density at radius 1 is 1.59 bits per heavy atom. The van der Waals surface area contributed by atoms with E-state index in [0.717, 1.165) is 0 Å². The molecule has 6 nitrogen and oxygen atoms in total. The molecule has 2 saturated heterocycles. The monoisotopic (exact) mass is 259 g/mol. The van der Waals surface area contributed by atoms with Gasteiger partial charge in [0.05, 0.1) is 11.3 Å². The van der Waals surface area contributed by atoms with Crippen molar-refractivity contribution in [1.29, 1.82) is 0 Å². The van der Waals surface area contributed by atoms with Crippen LogP contribution in [0.3, 0.4) is 0 Å². The molecule has 7 heteroatoms. The number of aliphatic hydroxyl groups is 1. The van der Waals surface area contributed by atoms with Gasteiger partial charge >= 0.3 is 6.03 Å². The van der Waals surface area contributed by atoms with Crippen molar-refractivity contribution in [3.63, 3.8) is 0 Å². The van der Waals surface area contributed by atoms with Gasteiger partial charge in [0.15, 0.2) is 5.72 Å². The molecule has 17 heavy (non-hydrogen) atoms. The number of carbonyl (C=O) groups excluding carboxylic acids is 2. The molecule has 0 bridgehead atoms. The zero-order valence-electron chi connectivity index (χ0n) is 9.27. The van der Waals surface area contributed by atoms with Crippen molar-refractivity contribution in [2.45, 2.75) is 42.7 Å². The number of nitrogens with one attached hydrogen (secondary N) is 2. The van der Waals surface area contributed by atoms with Gasteiger partial charge in [0, 0.05) is 11.7 Å². The summed E-state index contributed by atoms with van der Waals surface area (Å²) in [5.41, 5.74) is -1.18. The lowest BCUT2D eigenvalue weighted by atomic mass is 9.99. The number of carboxylic acid groups (broad SMARTS) is 1. The molecule has 0 spiro atoms. The average Bonchev–Trinajstić information content (AvgIpc) is 2.66. The van der Waals surface area contributed by atoms with E-state index in [1.165, 1.54) is 0 Å². The lowest BCUT2D eigenvalue weighted by molar-refractivity contribution is -0.305. The van der Waals surface area contributed by atoms with E-state index in [1.54, 1.807) is 11.8 Å². The van der Waals surface area contributed by atoms with Crippen LogP contribution in [0.5, 0.6) is 0 Å². The predicted octanol–water partition coefficient (Wildman–Crippen LogP) is -1.22. The zero-order valence-corrected chi connectivity index (χ0v) is 10.1. The first kappa shape index (κ1) is 12.5. The molecular formula is C10H15N2O4S-. The van der Waals surface area contributed by atoms with Gasteiger partial charge in [-0.1, -0.05) is 6.42 Å². The maximum Gasteiger partial charge on any atom is 0.317 e. The van der Waals surface area contributed by atoms with Crippen LogP contribution in [-0.2, 0) is 4.79 Å². The number of unbranched alkanes of at least 4 members (excludes halogenated alkanes) is 1. The Bertz CT molecular complexity index is 338. The van der Waals surface area contributed by atoms with Crippen LogP contribution in [0.4, 0.5) is 4.79 Å². The standard InChI is InChI=1S/C10H16N2O4S/c13-8(14)4-2-1-3-7-10(16)6(5-17-7)11-9(15)12-10/h6-7,16H,1-5H2,(H,13,14)(H2,11,12,15)/p-1/t6-,7-,10+/m1/s1. The minimum absolute atomic E-state index is 0.0455. The lowest BCUT2D eigenvalue weighted by Crippen LogP contribution is -2.53.